The standard InChI is InChI=1S/C12H9F2N/c13-12(14)10-6-4-9(5-7-10)11-3-1-2-8-15-11/h1-8,12H. The smallest absolute Gasteiger partial charge is 0.256 e. The van der Waals surface area contributed by atoms with Crippen molar-refractivity contribution in [1.82, 2.24) is 4.98 Å². The highest BCUT2D eigenvalue weighted by Crippen LogP contribution is 2.22. The summed E-state index contributed by atoms with van der Waals surface area (Å²) in [6.07, 6.45) is -0.737. The van der Waals surface area contributed by atoms with Gasteiger partial charge in [0.25, 0.3) is 6.43 Å². The van der Waals surface area contributed by atoms with Crippen molar-refractivity contribution in [3.05, 3.63) is 54.2 Å². The van der Waals surface area contributed by atoms with Crippen molar-refractivity contribution in [3.63, 3.8) is 0 Å². The Morgan fingerprint density at radius 2 is 1.67 bits per heavy atom. The fourth-order valence-electron chi connectivity index (χ4n) is 1.33. The quantitative estimate of drug-likeness (QED) is 0.728. The van der Waals surface area contributed by atoms with Gasteiger partial charge in [0, 0.05) is 17.3 Å². The number of hydrogen-bond donors (Lipinski definition) is 0. The molecule has 15 heavy (non-hydrogen) atoms. The Morgan fingerprint density at radius 3 is 2.20 bits per heavy atom. The lowest BCUT2D eigenvalue weighted by Gasteiger charge is -2.02. The second-order valence-corrected chi connectivity index (χ2v) is 3.14. The molecule has 0 spiro atoms. The molecular weight excluding hydrogens is 196 g/mol. The summed E-state index contributed by atoms with van der Waals surface area (Å²) < 4.78 is 24.6. The molecule has 0 atom stereocenters. The van der Waals surface area contributed by atoms with Crippen molar-refractivity contribution >= 4 is 0 Å². The molecule has 0 unspecified atom stereocenters. The summed E-state index contributed by atoms with van der Waals surface area (Å²) in [7, 11) is 0. The monoisotopic (exact) mass is 205 g/mol. The van der Waals surface area contributed by atoms with Gasteiger partial charge in [0.2, 0.25) is 0 Å². The highest BCUT2D eigenvalue weighted by atomic mass is 19.3. The molecule has 0 bridgehead atoms. The van der Waals surface area contributed by atoms with Gasteiger partial charge in [0.05, 0.1) is 5.69 Å². The normalized spacial score (nSPS) is 10.6. The van der Waals surface area contributed by atoms with Crippen LogP contribution in [-0.4, -0.2) is 4.98 Å². The minimum Gasteiger partial charge on any atom is -0.256 e. The summed E-state index contributed by atoms with van der Waals surface area (Å²) in [6, 6.07) is 11.7. The average molecular weight is 205 g/mol. The predicted molar refractivity (Wildman–Crippen MR) is 54.6 cm³/mol. The Hall–Kier alpha value is -1.77. The van der Waals surface area contributed by atoms with Crippen LogP contribution in [0.15, 0.2) is 48.7 Å². The van der Waals surface area contributed by atoms with E-state index in [2.05, 4.69) is 4.98 Å². The highest BCUT2D eigenvalue weighted by Gasteiger charge is 2.06. The van der Waals surface area contributed by atoms with Crippen molar-refractivity contribution in [1.29, 1.82) is 0 Å². The lowest BCUT2D eigenvalue weighted by atomic mass is 10.1. The number of rotatable bonds is 2. The summed E-state index contributed by atoms with van der Waals surface area (Å²) in [5.41, 5.74) is 1.67. The lowest BCUT2D eigenvalue weighted by Crippen LogP contribution is -1.85. The molecule has 0 fully saturated rings. The first-order chi connectivity index (χ1) is 7.27. The summed E-state index contributed by atoms with van der Waals surface area (Å²) in [5, 5.41) is 0. The third-order valence-electron chi connectivity index (χ3n) is 2.12. The van der Waals surface area contributed by atoms with Gasteiger partial charge in [-0.15, -0.1) is 0 Å². The molecule has 3 heteroatoms. The van der Waals surface area contributed by atoms with Crippen LogP contribution in [0, 0.1) is 0 Å². The molecule has 2 aromatic rings. The molecule has 0 aliphatic heterocycles. The van der Waals surface area contributed by atoms with E-state index in [0.717, 1.165) is 11.3 Å². The van der Waals surface area contributed by atoms with Gasteiger partial charge in [0.1, 0.15) is 0 Å². The summed E-state index contributed by atoms with van der Waals surface area (Å²) in [5.74, 6) is 0. The first-order valence-electron chi connectivity index (χ1n) is 4.57. The molecule has 0 saturated carbocycles. The molecule has 0 aliphatic carbocycles. The van der Waals surface area contributed by atoms with E-state index in [-0.39, 0.29) is 5.56 Å². The molecule has 0 aliphatic rings. The van der Waals surface area contributed by atoms with Gasteiger partial charge in [-0.1, -0.05) is 30.3 Å². The number of halogens is 2. The first-order valence-corrected chi connectivity index (χ1v) is 4.57. The van der Waals surface area contributed by atoms with E-state index in [1.807, 2.05) is 18.2 Å². The van der Waals surface area contributed by atoms with E-state index in [9.17, 15) is 8.78 Å². The van der Waals surface area contributed by atoms with Gasteiger partial charge in [-0.25, -0.2) is 8.78 Å². The van der Waals surface area contributed by atoms with Crippen molar-refractivity contribution < 1.29 is 8.78 Å². The summed E-state index contributed by atoms with van der Waals surface area (Å²) >= 11 is 0. The van der Waals surface area contributed by atoms with E-state index in [1.165, 1.54) is 12.1 Å². The zero-order valence-electron chi connectivity index (χ0n) is 7.90. The van der Waals surface area contributed by atoms with Crippen molar-refractivity contribution in [2.75, 3.05) is 0 Å². The van der Waals surface area contributed by atoms with Gasteiger partial charge in [-0.05, 0) is 12.1 Å². The molecular formula is C12H9F2N. The Bertz CT molecular complexity index is 423. The topological polar surface area (TPSA) is 12.9 Å². The fraction of sp³-hybridized carbons (Fsp3) is 0.0833. The van der Waals surface area contributed by atoms with E-state index >= 15 is 0 Å². The summed E-state index contributed by atoms with van der Waals surface area (Å²) in [6.45, 7) is 0. The van der Waals surface area contributed by atoms with E-state index < -0.39 is 6.43 Å². The van der Waals surface area contributed by atoms with Crippen LogP contribution in [-0.2, 0) is 0 Å². The van der Waals surface area contributed by atoms with Crippen LogP contribution in [0.5, 0.6) is 0 Å². The molecule has 0 amide bonds. The SMILES string of the molecule is FC(F)c1ccc(-c2ccccn2)cc1. The zero-order chi connectivity index (χ0) is 10.7. The van der Waals surface area contributed by atoms with Crippen LogP contribution in [0.2, 0.25) is 0 Å². The molecule has 1 nitrogen and oxygen atoms in total. The maximum atomic E-state index is 12.3. The minimum absolute atomic E-state index is 0.0367. The molecule has 76 valence electrons. The van der Waals surface area contributed by atoms with Crippen molar-refractivity contribution in [3.8, 4) is 11.3 Å². The zero-order valence-corrected chi connectivity index (χ0v) is 7.90. The van der Waals surface area contributed by atoms with Crippen LogP contribution in [0.3, 0.4) is 0 Å². The lowest BCUT2D eigenvalue weighted by molar-refractivity contribution is 0.151. The van der Waals surface area contributed by atoms with Gasteiger partial charge < -0.3 is 0 Å². The second kappa shape index (κ2) is 4.17. The molecule has 0 N–H and O–H groups in total. The first kappa shape index (κ1) is 9.77. The van der Waals surface area contributed by atoms with Crippen LogP contribution in [0.25, 0.3) is 11.3 Å². The molecule has 2 rings (SSSR count). The van der Waals surface area contributed by atoms with Gasteiger partial charge >= 0.3 is 0 Å². The van der Waals surface area contributed by atoms with E-state index in [4.69, 9.17) is 0 Å². The Labute approximate surface area is 86.4 Å². The average Bonchev–Trinajstić information content (AvgIpc) is 2.30. The molecule has 1 aromatic carbocycles. The molecule has 0 saturated heterocycles. The van der Waals surface area contributed by atoms with Gasteiger partial charge in [-0.2, -0.15) is 0 Å². The number of aromatic nitrogens is 1. The minimum atomic E-state index is -2.41. The van der Waals surface area contributed by atoms with Crippen LogP contribution < -0.4 is 0 Å². The number of alkyl halides is 2. The maximum Gasteiger partial charge on any atom is 0.263 e. The third kappa shape index (κ3) is 2.18. The Kier molecular flexibility index (Phi) is 2.72. The van der Waals surface area contributed by atoms with Crippen molar-refractivity contribution in [2.24, 2.45) is 0 Å². The summed E-state index contributed by atoms with van der Waals surface area (Å²) in [4.78, 5) is 4.14. The number of pyridine rings is 1. The number of hydrogen-bond acceptors (Lipinski definition) is 1. The third-order valence-corrected chi connectivity index (χ3v) is 2.12. The van der Waals surface area contributed by atoms with Gasteiger partial charge in [-0.3, -0.25) is 4.98 Å². The van der Waals surface area contributed by atoms with Gasteiger partial charge in [0.15, 0.2) is 0 Å². The van der Waals surface area contributed by atoms with E-state index in [0.29, 0.717) is 0 Å². The largest absolute Gasteiger partial charge is 0.263 e. The number of nitrogens with zero attached hydrogens (tertiary/aromatic N) is 1. The second-order valence-electron chi connectivity index (χ2n) is 3.14. The number of benzene rings is 1. The molecule has 1 heterocycles. The molecule has 1 aromatic heterocycles. The van der Waals surface area contributed by atoms with Crippen LogP contribution in [0.1, 0.15) is 12.0 Å². The highest BCUT2D eigenvalue weighted by molar-refractivity contribution is 5.59. The molecule has 0 radical (unpaired) electrons. The van der Waals surface area contributed by atoms with Crippen LogP contribution >= 0.6 is 0 Å². The van der Waals surface area contributed by atoms with Crippen LogP contribution in [0.4, 0.5) is 8.78 Å². The Balaban J connectivity index is 2.32. The fourth-order valence-corrected chi connectivity index (χ4v) is 1.33. The van der Waals surface area contributed by atoms with Crippen molar-refractivity contribution in [2.45, 2.75) is 6.43 Å². The maximum absolute atomic E-state index is 12.3. The predicted octanol–water partition coefficient (Wildman–Crippen LogP) is 3.69. The van der Waals surface area contributed by atoms with E-state index in [1.54, 1.807) is 18.3 Å². The Morgan fingerprint density at radius 1 is 0.933 bits per heavy atom.